The van der Waals surface area contributed by atoms with Gasteiger partial charge >= 0.3 is 0 Å². The van der Waals surface area contributed by atoms with Gasteiger partial charge in [-0.1, -0.05) is 42.5 Å². The Hall–Kier alpha value is -1.92. The molecular formula is C23H32N2O3. The minimum atomic E-state index is -0.384. The van der Waals surface area contributed by atoms with Gasteiger partial charge in [0.15, 0.2) is 0 Å². The van der Waals surface area contributed by atoms with Crippen molar-refractivity contribution in [3.63, 3.8) is 0 Å². The molecule has 1 aliphatic rings. The SMILES string of the molecule is COc1ccc(CN(CCN2CCOCC2)CC(O)Cc2ccccc2)cc1. The summed E-state index contributed by atoms with van der Waals surface area (Å²) in [6, 6.07) is 18.4. The van der Waals surface area contributed by atoms with Crippen molar-refractivity contribution in [2.45, 2.75) is 19.1 Å². The first-order chi connectivity index (χ1) is 13.7. The molecule has 5 nitrogen and oxygen atoms in total. The highest BCUT2D eigenvalue weighted by Crippen LogP contribution is 2.14. The Morgan fingerprint density at radius 3 is 2.43 bits per heavy atom. The molecule has 1 heterocycles. The van der Waals surface area contributed by atoms with E-state index in [1.54, 1.807) is 7.11 Å². The normalized spacial score (nSPS) is 16.2. The maximum Gasteiger partial charge on any atom is 0.118 e. The van der Waals surface area contributed by atoms with E-state index < -0.39 is 0 Å². The maximum atomic E-state index is 10.7. The third-order valence-electron chi connectivity index (χ3n) is 5.18. The van der Waals surface area contributed by atoms with Gasteiger partial charge in [0.1, 0.15) is 5.75 Å². The van der Waals surface area contributed by atoms with Gasteiger partial charge in [-0.05, 0) is 29.7 Å². The monoisotopic (exact) mass is 384 g/mol. The molecule has 1 N–H and O–H groups in total. The molecule has 0 amide bonds. The first kappa shape index (κ1) is 20.8. The lowest BCUT2D eigenvalue weighted by Gasteiger charge is -2.31. The van der Waals surface area contributed by atoms with Crippen LogP contribution in [0.25, 0.3) is 0 Å². The average Bonchev–Trinajstić information content (AvgIpc) is 2.74. The summed E-state index contributed by atoms with van der Waals surface area (Å²) >= 11 is 0. The molecule has 1 atom stereocenters. The van der Waals surface area contributed by atoms with Crippen LogP contribution in [0.2, 0.25) is 0 Å². The number of hydrogen-bond donors (Lipinski definition) is 1. The summed E-state index contributed by atoms with van der Waals surface area (Å²) in [5, 5.41) is 10.7. The number of rotatable bonds is 10. The fraction of sp³-hybridized carbons (Fsp3) is 0.478. The van der Waals surface area contributed by atoms with Gasteiger partial charge in [-0.2, -0.15) is 0 Å². The molecule has 0 spiro atoms. The summed E-state index contributed by atoms with van der Waals surface area (Å²) < 4.78 is 10.7. The summed E-state index contributed by atoms with van der Waals surface area (Å²) in [6.07, 6.45) is 0.294. The molecule has 2 aromatic carbocycles. The molecule has 1 fully saturated rings. The van der Waals surface area contributed by atoms with Gasteiger partial charge < -0.3 is 14.6 Å². The number of hydrogen-bond acceptors (Lipinski definition) is 5. The minimum absolute atomic E-state index is 0.384. The summed E-state index contributed by atoms with van der Waals surface area (Å²) in [5.74, 6) is 0.868. The van der Waals surface area contributed by atoms with Gasteiger partial charge in [0, 0.05) is 39.3 Å². The van der Waals surface area contributed by atoms with Crippen LogP contribution < -0.4 is 4.74 Å². The fourth-order valence-electron chi connectivity index (χ4n) is 3.58. The molecule has 3 rings (SSSR count). The van der Waals surface area contributed by atoms with Crippen LogP contribution >= 0.6 is 0 Å². The lowest BCUT2D eigenvalue weighted by molar-refractivity contribution is 0.0292. The summed E-state index contributed by atoms with van der Waals surface area (Å²) in [7, 11) is 1.68. The Morgan fingerprint density at radius 2 is 1.75 bits per heavy atom. The maximum absolute atomic E-state index is 10.7. The van der Waals surface area contributed by atoms with E-state index in [0.29, 0.717) is 13.0 Å². The minimum Gasteiger partial charge on any atom is -0.497 e. The second-order valence-electron chi connectivity index (χ2n) is 7.38. The van der Waals surface area contributed by atoms with E-state index in [1.807, 2.05) is 30.3 Å². The molecule has 1 unspecified atom stereocenters. The first-order valence-corrected chi connectivity index (χ1v) is 10.1. The predicted molar refractivity (Wildman–Crippen MR) is 112 cm³/mol. The third kappa shape index (κ3) is 6.91. The molecular weight excluding hydrogens is 352 g/mol. The molecule has 5 heteroatoms. The molecule has 1 saturated heterocycles. The van der Waals surface area contributed by atoms with Crippen molar-refractivity contribution >= 4 is 0 Å². The van der Waals surface area contributed by atoms with Gasteiger partial charge in [-0.15, -0.1) is 0 Å². The van der Waals surface area contributed by atoms with E-state index in [0.717, 1.165) is 51.7 Å². The highest BCUT2D eigenvalue weighted by molar-refractivity contribution is 5.27. The zero-order valence-electron chi connectivity index (χ0n) is 16.8. The Balaban J connectivity index is 1.58. The Morgan fingerprint density at radius 1 is 1.04 bits per heavy atom. The number of nitrogens with zero attached hydrogens (tertiary/aromatic N) is 2. The predicted octanol–water partition coefficient (Wildman–Crippen LogP) is 2.43. The van der Waals surface area contributed by atoms with Crippen molar-refractivity contribution in [3.8, 4) is 5.75 Å². The highest BCUT2D eigenvalue weighted by atomic mass is 16.5. The lowest BCUT2D eigenvalue weighted by atomic mass is 10.1. The zero-order valence-corrected chi connectivity index (χ0v) is 16.8. The van der Waals surface area contributed by atoms with E-state index in [9.17, 15) is 5.11 Å². The van der Waals surface area contributed by atoms with Gasteiger partial charge in [0.2, 0.25) is 0 Å². The number of benzene rings is 2. The van der Waals surface area contributed by atoms with Gasteiger partial charge in [-0.25, -0.2) is 0 Å². The fourth-order valence-corrected chi connectivity index (χ4v) is 3.58. The van der Waals surface area contributed by atoms with Crippen molar-refractivity contribution in [2.24, 2.45) is 0 Å². The second-order valence-corrected chi connectivity index (χ2v) is 7.38. The van der Waals surface area contributed by atoms with Crippen LogP contribution in [-0.4, -0.2) is 74.1 Å². The number of methoxy groups -OCH3 is 1. The quantitative estimate of drug-likeness (QED) is 0.682. The molecule has 152 valence electrons. The lowest BCUT2D eigenvalue weighted by Crippen LogP contribution is -2.43. The van der Waals surface area contributed by atoms with Gasteiger partial charge in [0.25, 0.3) is 0 Å². The van der Waals surface area contributed by atoms with Crippen LogP contribution in [-0.2, 0) is 17.7 Å². The molecule has 28 heavy (non-hydrogen) atoms. The van der Waals surface area contributed by atoms with Crippen molar-refractivity contribution in [3.05, 3.63) is 65.7 Å². The Bertz CT molecular complexity index is 672. The van der Waals surface area contributed by atoms with Gasteiger partial charge in [-0.3, -0.25) is 9.80 Å². The molecule has 2 aromatic rings. The number of aliphatic hydroxyl groups is 1. The van der Waals surface area contributed by atoms with Crippen LogP contribution in [0.5, 0.6) is 5.75 Å². The number of morpholine rings is 1. The van der Waals surface area contributed by atoms with E-state index >= 15 is 0 Å². The van der Waals surface area contributed by atoms with Crippen LogP contribution in [0, 0.1) is 0 Å². The standard InChI is InChI=1S/C23H32N2O3/c1-27-23-9-7-21(8-10-23)18-25(12-11-24-13-15-28-16-14-24)19-22(26)17-20-5-3-2-4-6-20/h2-10,22,26H,11-19H2,1H3. The van der Waals surface area contributed by atoms with Crippen molar-refractivity contribution < 1.29 is 14.6 Å². The molecule has 0 aliphatic carbocycles. The number of ether oxygens (including phenoxy) is 2. The zero-order chi connectivity index (χ0) is 19.6. The van der Waals surface area contributed by atoms with Crippen LogP contribution in [0.4, 0.5) is 0 Å². The van der Waals surface area contributed by atoms with Crippen molar-refractivity contribution in [1.29, 1.82) is 0 Å². The summed E-state index contributed by atoms with van der Waals surface area (Å²) in [5.41, 5.74) is 2.40. The van der Waals surface area contributed by atoms with Gasteiger partial charge in [0.05, 0.1) is 26.4 Å². The summed E-state index contributed by atoms with van der Waals surface area (Å²) in [6.45, 7) is 7.01. The van der Waals surface area contributed by atoms with E-state index in [1.165, 1.54) is 11.1 Å². The topological polar surface area (TPSA) is 45.2 Å². The van der Waals surface area contributed by atoms with E-state index in [-0.39, 0.29) is 6.10 Å². The highest BCUT2D eigenvalue weighted by Gasteiger charge is 2.16. The largest absolute Gasteiger partial charge is 0.497 e. The second kappa shape index (κ2) is 11.2. The van der Waals surface area contributed by atoms with Crippen LogP contribution in [0.1, 0.15) is 11.1 Å². The van der Waals surface area contributed by atoms with E-state index in [2.05, 4.69) is 34.1 Å². The number of aliphatic hydroxyl groups excluding tert-OH is 1. The third-order valence-corrected chi connectivity index (χ3v) is 5.18. The molecule has 0 saturated carbocycles. The van der Waals surface area contributed by atoms with E-state index in [4.69, 9.17) is 9.47 Å². The molecule has 0 bridgehead atoms. The molecule has 1 aliphatic heterocycles. The Kier molecular flexibility index (Phi) is 8.30. The molecule has 0 radical (unpaired) electrons. The summed E-state index contributed by atoms with van der Waals surface area (Å²) in [4.78, 5) is 4.79. The molecule has 0 aromatic heterocycles. The average molecular weight is 385 g/mol. The van der Waals surface area contributed by atoms with Crippen molar-refractivity contribution in [2.75, 3.05) is 53.0 Å². The van der Waals surface area contributed by atoms with Crippen LogP contribution in [0.3, 0.4) is 0 Å². The Labute approximate surface area is 168 Å². The van der Waals surface area contributed by atoms with Crippen LogP contribution in [0.15, 0.2) is 54.6 Å². The van der Waals surface area contributed by atoms with Crippen molar-refractivity contribution in [1.82, 2.24) is 9.80 Å². The first-order valence-electron chi connectivity index (χ1n) is 10.1. The smallest absolute Gasteiger partial charge is 0.118 e.